The number of aromatic carboxylic acids is 1. The number of benzene rings is 2. The molecule has 1 N–H and O–H groups in total. The van der Waals surface area contributed by atoms with Crippen molar-refractivity contribution >= 4 is 11.9 Å². The standard InChI is InChI=1S/C19H19NO4/c1-19(16-8-3-2-4-9-16)13-20(10-11-24-19)17(21)14-6-5-7-15(12-14)18(22)23/h2-9,12H,10-11,13H2,1H3,(H,22,23)/t19-/m1/s1. The van der Waals surface area contributed by atoms with Gasteiger partial charge < -0.3 is 14.7 Å². The lowest BCUT2D eigenvalue weighted by Crippen LogP contribution is -2.50. The van der Waals surface area contributed by atoms with E-state index in [1.165, 1.54) is 12.1 Å². The highest BCUT2D eigenvalue weighted by atomic mass is 16.5. The number of morpholine rings is 1. The van der Waals surface area contributed by atoms with Crippen molar-refractivity contribution in [2.45, 2.75) is 12.5 Å². The van der Waals surface area contributed by atoms with Gasteiger partial charge in [-0.2, -0.15) is 0 Å². The first-order valence-corrected chi connectivity index (χ1v) is 7.82. The Kier molecular flexibility index (Phi) is 4.36. The summed E-state index contributed by atoms with van der Waals surface area (Å²) in [5, 5.41) is 9.09. The van der Waals surface area contributed by atoms with Crippen LogP contribution in [0.3, 0.4) is 0 Å². The molecule has 24 heavy (non-hydrogen) atoms. The lowest BCUT2D eigenvalue weighted by molar-refractivity contribution is -0.0930. The second-order valence-electron chi connectivity index (χ2n) is 6.06. The molecule has 0 spiro atoms. The van der Waals surface area contributed by atoms with Crippen LogP contribution in [0.4, 0.5) is 0 Å². The van der Waals surface area contributed by atoms with Crippen LogP contribution in [0, 0.1) is 0 Å². The van der Waals surface area contributed by atoms with E-state index in [4.69, 9.17) is 9.84 Å². The number of ether oxygens (including phenoxy) is 1. The topological polar surface area (TPSA) is 66.8 Å². The summed E-state index contributed by atoms with van der Waals surface area (Å²) in [5.41, 5.74) is 0.938. The normalized spacial score (nSPS) is 20.6. The fourth-order valence-electron chi connectivity index (χ4n) is 2.98. The quantitative estimate of drug-likeness (QED) is 0.942. The van der Waals surface area contributed by atoms with Gasteiger partial charge in [0.15, 0.2) is 0 Å². The summed E-state index contributed by atoms with van der Waals surface area (Å²) in [6, 6.07) is 15.9. The predicted molar refractivity (Wildman–Crippen MR) is 89.1 cm³/mol. The van der Waals surface area contributed by atoms with Crippen LogP contribution in [-0.2, 0) is 10.3 Å². The highest BCUT2D eigenvalue weighted by Crippen LogP contribution is 2.30. The van der Waals surface area contributed by atoms with Crippen LogP contribution in [0.15, 0.2) is 54.6 Å². The van der Waals surface area contributed by atoms with Gasteiger partial charge in [0.05, 0.1) is 18.7 Å². The molecule has 0 aromatic heterocycles. The van der Waals surface area contributed by atoms with E-state index in [0.29, 0.717) is 25.3 Å². The number of carbonyl (C=O) groups excluding carboxylic acids is 1. The van der Waals surface area contributed by atoms with Gasteiger partial charge in [-0.1, -0.05) is 36.4 Å². The Hall–Kier alpha value is -2.66. The molecule has 1 saturated heterocycles. The number of rotatable bonds is 3. The van der Waals surface area contributed by atoms with Crippen LogP contribution < -0.4 is 0 Å². The molecule has 5 heteroatoms. The molecule has 1 aliphatic rings. The maximum atomic E-state index is 12.8. The average molecular weight is 325 g/mol. The number of nitrogens with zero attached hydrogens (tertiary/aromatic N) is 1. The van der Waals surface area contributed by atoms with E-state index in [1.807, 2.05) is 37.3 Å². The number of hydrogen-bond donors (Lipinski definition) is 1. The van der Waals surface area contributed by atoms with Gasteiger partial charge in [0, 0.05) is 12.1 Å². The molecule has 124 valence electrons. The van der Waals surface area contributed by atoms with Gasteiger partial charge in [-0.25, -0.2) is 4.79 Å². The molecule has 0 aliphatic carbocycles. The van der Waals surface area contributed by atoms with Gasteiger partial charge >= 0.3 is 5.97 Å². The number of hydrogen-bond acceptors (Lipinski definition) is 3. The number of carbonyl (C=O) groups is 2. The largest absolute Gasteiger partial charge is 0.478 e. The zero-order valence-electron chi connectivity index (χ0n) is 13.4. The van der Waals surface area contributed by atoms with E-state index >= 15 is 0 Å². The van der Waals surface area contributed by atoms with Crippen LogP contribution in [-0.4, -0.2) is 41.6 Å². The zero-order chi connectivity index (χ0) is 17.2. The van der Waals surface area contributed by atoms with Crippen molar-refractivity contribution in [2.24, 2.45) is 0 Å². The third-order valence-electron chi connectivity index (χ3n) is 4.30. The summed E-state index contributed by atoms with van der Waals surface area (Å²) in [4.78, 5) is 25.6. The van der Waals surface area contributed by atoms with Gasteiger partial charge in [-0.3, -0.25) is 4.79 Å². The monoisotopic (exact) mass is 325 g/mol. The molecule has 0 saturated carbocycles. The lowest BCUT2D eigenvalue weighted by Gasteiger charge is -2.41. The van der Waals surface area contributed by atoms with Crippen molar-refractivity contribution in [1.82, 2.24) is 4.90 Å². The van der Waals surface area contributed by atoms with E-state index in [1.54, 1.807) is 17.0 Å². The Balaban J connectivity index is 1.83. The Morgan fingerprint density at radius 1 is 1.08 bits per heavy atom. The molecule has 1 heterocycles. The van der Waals surface area contributed by atoms with Gasteiger partial charge in [0.25, 0.3) is 5.91 Å². The summed E-state index contributed by atoms with van der Waals surface area (Å²) < 4.78 is 5.94. The molecule has 0 bridgehead atoms. The van der Waals surface area contributed by atoms with Crippen molar-refractivity contribution in [3.05, 3.63) is 71.3 Å². The molecule has 1 aliphatic heterocycles. The Morgan fingerprint density at radius 3 is 2.50 bits per heavy atom. The van der Waals surface area contributed by atoms with Crippen molar-refractivity contribution in [3.8, 4) is 0 Å². The molecular weight excluding hydrogens is 306 g/mol. The second-order valence-corrected chi connectivity index (χ2v) is 6.06. The highest BCUT2D eigenvalue weighted by molar-refractivity contribution is 5.97. The van der Waals surface area contributed by atoms with Crippen molar-refractivity contribution in [2.75, 3.05) is 19.7 Å². The molecule has 3 rings (SSSR count). The minimum Gasteiger partial charge on any atom is -0.478 e. The summed E-state index contributed by atoms with van der Waals surface area (Å²) in [6.07, 6.45) is 0. The summed E-state index contributed by atoms with van der Waals surface area (Å²) in [7, 11) is 0. The third kappa shape index (κ3) is 3.16. The minimum atomic E-state index is -1.04. The van der Waals surface area contributed by atoms with Crippen LogP contribution in [0.5, 0.6) is 0 Å². The van der Waals surface area contributed by atoms with Crippen molar-refractivity contribution in [1.29, 1.82) is 0 Å². The van der Waals surface area contributed by atoms with Gasteiger partial charge in [0.2, 0.25) is 0 Å². The SMILES string of the molecule is C[C@]1(c2ccccc2)CN(C(=O)c2cccc(C(=O)O)c2)CCO1. The van der Waals surface area contributed by atoms with Crippen LogP contribution in [0.1, 0.15) is 33.2 Å². The molecule has 0 unspecified atom stereocenters. The van der Waals surface area contributed by atoms with E-state index in [2.05, 4.69) is 0 Å². The molecular formula is C19H19NO4. The summed E-state index contributed by atoms with van der Waals surface area (Å²) in [6.45, 7) is 3.32. The van der Waals surface area contributed by atoms with E-state index in [-0.39, 0.29) is 11.5 Å². The predicted octanol–water partition coefficient (Wildman–Crippen LogP) is 2.77. The highest BCUT2D eigenvalue weighted by Gasteiger charge is 2.36. The maximum Gasteiger partial charge on any atom is 0.335 e. The summed E-state index contributed by atoms with van der Waals surface area (Å²) >= 11 is 0. The summed E-state index contributed by atoms with van der Waals surface area (Å²) in [5.74, 6) is -1.22. The molecule has 5 nitrogen and oxygen atoms in total. The molecule has 1 amide bonds. The second kappa shape index (κ2) is 6.45. The van der Waals surface area contributed by atoms with Crippen LogP contribution in [0.25, 0.3) is 0 Å². The molecule has 1 atom stereocenters. The van der Waals surface area contributed by atoms with Crippen molar-refractivity contribution < 1.29 is 19.4 Å². The molecule has 1 fully saturated rings. The fourth-order valence-corrected chi connectivity index (χ4v) is 2.98. The van der Waals surface area contributed by atoms with E-state index in [0.717, 1.165) is 5.56 Å². The van der Waals surface area contributed by atoms with Gasteiger partial charge in [-0.05, 0) is 30.7 Å². The minimum absolute atomic E-state index is 0.111. The first kappa shape index (κ1) is 16.2. The number of carboxylic acid groups (broad SMARTS) is 1. The smallest absolute Gasteiger partial charge is 0.335 e. The number of carboxylic acids is 1. The van der Waals surface area contributed by atoms with E-state index in [9.17, 15) is 9.59 Å². The van der Waals surface area contributed by atoms with Crippen molar-refractivity contribution in [3.63, 3.8) is 0 Å². The number of amides is 1. The van der Waals surface area contributed by atoms with Gasteiger partial charge in [0.1, 0.15) is 5.60 Å². The van der Waals surface area contributed by atoms with Gasteiger partial charge in [-0.15, -0.1) is 0 Å². The Labute approximate surface area is 140 Å². The van der Waals surface area contributed by atoms with Crippen LogP contribution >= 0.6 is 0 Å². The maximum absolute atomic E-state index is 12.8. The fraction of sp³-hybridized carbons (Fsp3) is 0.263. The van der Waals surface area contributed by atoms with Crippen LogP contribution in [0.2, 0.25) is 0 Å². The zero-order valence-corrected chi connectivity index (χ0v) is 13.4. The average Bonchev–Trinajstić information content (AvgIpc) is 2.62. The lowest BCUT2D eigenvalue weighted by atomic mass is 9.93. The van der Waals surface area contributed by atoms with E-state index < -0.39 is 11.6 Å². The Morgan fingerprint density at radius 2 is 1.79 bits per heavy atom. The molecule has 2 aromatic carbocycles. The first-order valence-electron chi connectivity index (χ1n) is 7.82. The third-order valence-corrected chi connectivity index (χ3v) is 4.30. The molecule has 0 radical (unpaired) electrons. The first-order chi connectivity index (χ1) is 11.5. The Bertz CT molecular complexity index is 759. The molecule has 2 aromatic rings.